The zero-order valence-corrected chi connectivity index (χ0v) is 11.0. The molecule has 0 aliphatic rings. The third-order valence-corrected chi connectivity index (χ3v) is 3.17. The minimum Gasteiger partial charge on any atom is -0.496 e. The van der Waals surface area contributed by atoms with Crippen LogP contribution in [0.4, 0.5) is 0 Å². The van der Waals surface area contributed by atoms with Crippen LogP contribution in [0.2, 0.25) is 0 Å². The zero-order chi connectivity index (χ0) is 13.0. The second-order valence-electron chi connectivity index (χ2n) is 4.38. The number of hydrogen-bond acceptors (Lipinski definition) is 2. The molecule has 1 N–H and O–H groups in total. The van der Waals surface area contributed by atoms with Gasteiger partial charge in [0.1, 0.15) is 5.75 Å². The van der Waals surface area contributed by atoms with Gasteiger partial charge in [-0.1, -0.05) is 6.07 Å². The molecule has 0 heterocycles. The van der Waals surface area contributed by atoms with Gasteiger partial charge in [0.15, 0.2) is 0 Å². The lowest BCUT2D eigenvalue weighted by Gasteiger charge is -2.15. The molecule has 3 nitrogen and oxygen atoms in total. The summed E-state index contributed by atoms with van der Waals surface area (Å²) in [6.45, 7) is 6.13. The predicted molar refractivity (Wildman–Crippen MR) is 67.8 cm³/mol. The molecule has 0 bridgehead atoms. The molecule has 0 spiro atoms. The van der Waals surface area contributed by atoms with Gasteiger partial charge >= 0.3 is 5.97 Å². The van der Waals surface area contributed by atoms with Crippen LogP contribution in [0.25, 0.3) is 0 Å². The van der Waals surface area contributed by atoms with Crippen LogP contribution in [0.5, 0.6) is 5.75 Å². The van der Waals surface area contributed by atoms with E-state index in [9.17, 15) is 4.79 Å². The molecule has 1 rings (SSSR count). The van der Waals surface area contributed by atoms with Crippen LogP contribution in [-0.2, 0) is 11.2 Å². The summed E-state index contributed by atoms with van der Waals surface area (Å²) < 4.78 is 5.36. The Bertz CT molecular complexity index is 422. The lowest BCUT2D eigenvalue weighted by molar-refractivity contribution is -0.137. The normalized spacial score (nSPS) is 10.4. The van der Waals surface area contributed by atoms with Crippen LogP contribution in [0.1, 0.15) is 35.1 Å². The lowest BCUT2D eigenvalue weighted by atomic mass is 9.95. The topological polar surface area (TPSA) is 46.5 Å². The maximum absolute atomic E-state index is 10.5. The Morgan fingerprint density at radius 2 is 1.94 bits per heavy atom. The van der Waals surface area contributed by atoms with E-state index in [2.05, 4.69) is 13.0 Å². The van der Waals surface area contributed by atoms with E-state index in [0.717, 1.165) is 23.3 Å². The number of hydrogen-bond donors (Lipinski definition) is 1. The zero-order valence-electron chi connectivity index (χ0n) is 11.0. The third kappa shape index (κ3) is 3.22. The number of methoxy groups -OCH3 is 1. The molecule has 0 atom stereocenters. The van der Waals surface area contributed by atoms with Gasteiger partial charge in [0.05, 0.1) is 7.11 Å². The standard InChI is InChI=1S/C14H20O3/c1-9-8-12(6-5-7-13(15)16)10(2)11(3)14(9)17-4/h8H,5-7H2,1-4H3,(H,15,16). The van der Waals surface area contributed by atoms with Crippen molar-refractivity contribution in [2.24, 2.45) is 0 Å². The lowest BCUT2D eigenvalue weighted by Crippen LogP contribution is -2.01. The van der Waals surface area contributed by atoms with Gasteiger partial charge in [-0.15, -0.1) is 0 Å². The molecule has 17 heavy (non-hydrogen) atoms. The summed E-state index contributed by atoms with van der Waals surface area (Å²) in [4.78, 5) is 10.5. The highest BCUT2D eigenvalue weighted by Crippen LogP contribution is 2.29. The molecule has 0 aliphatic carbocycles. The molecule has 0 amide bonds. The average Bonchev–Trinajstić information content (AvgIpc) is 2.25. The van der Waals surface area contributed by atoms with Crippen LogP contribution < -0.4 is 4.74 Å². The third-order valence-electron chi connectivity index (χ3n) is 3.17. The first-order valence-corrected chi connectivity index (χ1v) is 5.82. The Morgan fingerprint density at radius 1 is 1.29 bits per heavy atom. The molecule has 94 valence electrons. The fourth-order valence-electron chi connectivity index (χ4n) is 2.15. The highest BCUT2D eigenvalue weighted by molar-refractivity contribution is 5.66. The van der Waals surface area contributed by atoms with Gasteiger partial charge < -0.3 is 9.84 Å². The van der Waals surface area contributed by atoms with E-state index in [4.69, 9.17) is 9.84 Å². The van der Waals surface area contributed by atoms with E-state index < -0.39 is 5.97 Å². The number of carboxylic acid groups (broad SMARTS) is 1. The molecule has 3 heteroatoms. The van der Waals surface area contributed by atoms with E-state index in [1.165, 1.54) is 11.1 Å². The van der Waals surface area contributed by atoms with Gasteiger partial charge in [0.2, 0.25) is 0 Å². The van der Waals surface area contributed by atoms with Crippen molar-refractivity contribution < 1.29 is 14.6 Å². The van der Waals surface area contributed by atoms with Gasteiger partial charge in [-0.25, -0.2) is 0 Å². The van der Waals surface area contributed by atoms with E-state index in [1.807, 2.05) is 13.8 Å². The second-order valence-corrected chi connectivity index (χ2v) is 4.38. The van der Waals surface area contributed by atoms with Crippen molar-refractivity contribution in [3.63, 3.8) is 0 Å². The Kier molecular flexibility index (Phi) is 4.55. The quantitative estimate of drug-likeness (QED) is 0.854. The van der Waals surface area contributed by atoms with Gasteiger partial charge in [-0.3, -0.25) is 4.79 Å². The molecular weight excluding hydrogens is 216 g/mol. The molecular formula is C14H20O3. The smallest absolute Gasteiger partial charge is 0.303 e. The van der Waals surface area contributed by atoms with Crippen molar-refractivity contribution >= 4 is 5.97 Å². The first kappa shape index (κ1) is 13.6. The molecule has 0 fully saturated rings. The van der Waals surface area contributed by atoms with Gasteiger partial charge in [-0.2, -0.15) is 0 Å². The number of rotatable bonds is 5. The van der Waals surface area contributed by atoms with Gasteiger partial charge in [-0.05, 0) is 55.9 Å². The number of aliphatic carboxylic acids is 1. The summed E-state index contributed by atoms with van der Waals surface area (Å²) >= 11 is 0. The summed E-state index contributed by atoms with van der Waals surface area (Å²) in [5, 5.41) is 8.63. The molecule has 0 radical (unpaired) electrons. The van der Waals surface area contributed by atoms with Crippen LogP contribution in [0.15, 0.2) is 6.07 Å². The Hall–Kier alpha value is -1.51. The summed E-state index contributed by atoms with van der Waals surface area (Å²) in [5.41, 5.74) is 4.69. The van der Waals surface area contributed by atoms with Crippen LogP contribution >= 0.6 is 0 Å². The maximum atomic E-state index is 10.5. The van der Waals surface area contributed by atoms with Crippen LogP contribution in [0, 0.1) is 20.8 Å². The van der Waals surface area contributed by atoms with Crippen LogP contribution in [0.3, 0.4) is 0 Å². The predicted octanol–water partition coefficient (Wildman–Crippen LogP) is 3.03. The number of benzene rings is 1. The van der Waals surface area contributed by atoms with Crippen molar-refractivity contribution in [2.45, 2.75) is 40.0 Å². The van der Waals surface area contributed by atoms with Crippen molar-refractivity contribution in [1.29, 1.82) is 0 Å². The Morgan fingerprint density at radius 3 is 2.47 bits per heavy atom. The highest BCUT2D eigenvalue weighted by Gasteiger charge is 2.10. The summed E-state index contributed by atoms with van der Waals surface area (Å²) in [7, 11) is 1.68. The molecule has 0 unspecified atom stereocenters. The summed E-state index contributed by atoms with van der Waals surface area (Å²) in [5.74, 6) is 0.203. The first-order valence-electron chi connectivity index (χ1n) is 5.82. The van der Waals surface area contributed by atoms with E-state index >= 15 is 0 Å². The first-order chi connectivity index (χ1) is 7.97. The van der Waals surface area contributed by atoms with Gasteiger partial charge in [0, 0.05) is 6.42 Å². The molecule has 0 aliphatic heterocycles. The summed E-state index contributed by atoms with van der Waals surface area (Å²) in [6, 6.07) is 2.10. The van der Waals surface area contributed by atoms with Crippen molar-refractivity contribution in [2.75, 3.05) is 7.11 Å². The Labute approximate surface area is 102 Å². The van der Waals surface area contributed by atoms with Crippen molar-refractivity contribution in [3.05, 3.63) is 28.3 Å². The largest absolute Gasteiger partial charge is 0.496 e. The average molecular weight is 236 g/mol. The SMILES string of the molecule is COc1c(C)cc(CCCC(=O)O)c(C)c1C. The minimum atomic E-state index is -0.732. The fourth-order valence-corrected chi connectivity index (χ4v) is 2.15. The molecule has 0 saturated heterocycles. The minimum absolute atomic E-state index is 0.226. The van der Waals surface area contributed by atoms with Crippen LogP contribution in [-0.4, -0.2) is 18.2 Å². The Balaban J connectivity index is 2.90. The van der Waals surface area contributed by atoms with E-state index in [1.54, 1.807) is 7.11 Å². The second kappa shape index (κ2) is 5.71. The highest BCUT2D eigenvalue weighted by atomic mass is 16.5. The van der Waals surface area contributed by atoms with E-state index in [-0.39, 0.29) is 6.42 Å². The monoisotopic (exact) mass is 236 g/mol. The number of carboxylic acids is 1. The van der Waals surface area contributed by atoms with Crippen molar-refractivity contribution in [3.8, 4) is 5.75 Å². The number of aryl methyl sites for hydroxylation is 2. The van der Waals surface area contributed by atoms with Gasteiger partial charge in [0.25, 0.3) is 0 Å². The van der Waals surface area contributed by atoms with E-state index in [0.29, 0.717) is 6.42 Å². The van der Waals surface area contributed by atoms with Crippen molar-refractivity contribution in [1.82, 2.24) is 0 Å². The summed E-state index contributed by atoms with van der Waals surface area (Å²) in [6.07, 6.45) is 1.72. The molecule has 1 aromatic carbocycles. The maximum Gasteiger partial charge on any atom is 0.303 e. The fraction of sp³-hybridized carbons (Fsp3) is 0.500. The molecule has 0 saturated carbocycles. The number of ether oxygens (including phenoxy) is 1. The molecule has 0 aromatic heterocycles. The number of carbonyl (C=O) groups is 1. The molecule has 1 aromatic rings.